The van der Waals surface area contributed by atoms with Crippen LogP contribution in [0.5, 0.6) is 0 Å². The van der Waals surface area contributed by atoms with Gasteiger partial charge in [-0.25, -0.2) is 0 Å². The number of benzene rings is 1. The maximum absolute atomic E-state index is 5.83. The Balaban J connectivity index is 2.17. The zero-order valence-electron chi connectivity index (χ0n) is 11.7. The van der Waals surface area contributed by atoms with Crippen LogP contribution in [0.25, 0.3) is 0 Å². The second-order valence-corrected chi connectivity index (χ2v) is 5.67. The van der Waals surface area contributed by atoms with Crippen LogP contribution in [0, 0.1) is 18.7 Å². The van der Waals surface area contributed by atoms with E-state index in [9.17, 15) is 0 Å². The maximum atomic E-state index is 5.83. The van der Waals surface area contributed by atoms with Gasteiger partial charge in [-0.3, -0.25) is 0 Å². The molecule has 0 radical (unpaired) electrons. The molecule has 1 saturated heterocycles. The first-order chi connectivity index (χ1) is 8.32. The van der Waals surface area contributed by atoms with Gasteiger partial charge in [0.2, 0.25) is 0 Å². The first-order valence-electron chi connectivity index (χ1n) is 6.25. The first-order valence-corrected chi connectivity index (χ1v) is 6.25. The van der Waals surface area contributed by atoms with Crippen molar-refractivity contribution in [1.29, 1.82) is 0 Å². The number of hydrogen-bond acceptors (Lipinski definition) is 2. The van der Waals surface area contributed by atoms with Crippen LogP contribution in [0.15, 0.2) is 24.3 Å². The molecule has 1 heterocycles. The Morgan fingerprint density at radius 1 is 1.00 bits per heavy atom. The van der Waals surface area contributed by atoms with E-state index in [1.807, 2.05) is 58.9 Å². The lowest BCUT2D eigenvalue weighted by molar-refractivity contribution is 0.00578. The molecule has 94 valence electrons. The standard InChI is InChI=1S/C15H19BO2/c1-12-8-6-7-9-13(12)10-11-16-17-14(2,3)15(4,5)18-16/h6-9H,1-5H3. The number of aryl methyl sites for hydroxylation is 1. The van der Waals surface area contributed by atoms with Crippen molar-refractivity contribution in [3.8, 4) is 11.7 Å². The summed E-state index contributed by atoms with van der Waals surface area (Å²) in [6.45, 7) is 10.2. The summed E-state index contributed by atoms with van der Waals surface area (Å²) in [4.78, 5) is 0. The zero-order valence-corrected chi connectivity index (χ0v) is 11.7. The molecule has 18 heavy (non-hydrogen) atoms. The molecule has 1 aliphatic rings. The predicted molar refractivity (Wildman–Crippen MR) is 74.1 cm³/mol. The van der Waals surface area contributed by atoms with Gasteiger partial charge in [0.15, 0.2) is 0 Å². The smallest absolute Gasteiger partial charge is 0.392 e. The molecule has 0 aliphatic carbocycles. The number of rotatable bonds is 0. The average Bonchev–Trinajstić information content (AvgIpc) is 2.46. The molecule has 0 unspecified atom stereocenters. The summed E-state index contributed by atoms with van der Waals surface area (Å²) < 4.78 is 11.7. The highest BCUT2D eigenvalue weighted by Crippen LogP contribution is 2.36. The Hall–Kier alpha value is -1.24. The van der Waals surface area contributed by atoms with Crippen LogP contribution in [0.4, 0.5) is 0 Å². The summed E-state index contributed by atoms with van der Waals surface area (Å²) in [5.41, 5.74) is 1.55. The fourth-order valence-electron chi connectivity index (χ4n) is 1.75. The molecule has 1 aromatic carbocycles. The van der Waals surface area contributed by atoms with Crippen molar-refractivity contribution in [3.05, 3.63) is 35.4 Å². The van der Waals surface area contributed by atoms with E-state index in [-0.39, 0.29) is 11.2 Å². The van der Waals surface area contributed by atoms with Crippen molar-refractivity contribution >= 4 is 7.12 Å². The predicted octanol–water partition coefficient (Wildman–Crippen LogP) is 2.98. The minimum absolute atomic E-state index is 0.321. The van der Waals surface area contributed by atoms with Gasteiger partial charge in [0.1, 0.15) is 0 Å². The highest BCUT2D eigenvalue weighted by molar-refractivity contribution is 6.55. The van der Waals surface area contributed by atoms with Crippen molar-refractivity contribution in [2.24, 2.45) is 0 Å². The quantitative estimate of drug-likeness (QED) is 0.514. The zero-order chi connectivity index (χ0) is 13.4. The maximum Gasteiger partial charge on any atom is 0.551 e. The van der Waals surface area contributed by atoms with E-state index in [0.29, 0.717) is 0 Å². The van der Waals surface area contributed by atoms with Gasteiger partial charge >= 0.3 is 7.12 Å². The normalized spacial score (nSPS) is 20.4. The molecule has 0 bridgehead atoms. The van der Waals surface area contributed by atoms with Gasteiger partial charge in [0.25, 0.3) is 0 Å². The van der Waals surface area contributed by atoms with Crippen molar-refractivity contribution in [2.45, 2.75) is 45.8 Å². The molecule has 2 rings (SSSR count). The lowest BCUT2D eigenvalue weighted by Crippen LogP contribution is -2.41. The van der Waals surface area contributed by atoms with E-state index in [4.69, 9.17) is 9.31 Å². The molecule has 2 nitrogen and oxygen atoms in total. The fourth-order valence-corrected chi connectivity index (χ4v) is 1.75. The molecule has 3 heteroatoms. The minimum Gasteiger partial charge on any atom is -0.392 e. The summed E-state index contributed by atoms with van der Waals surface area (Å²) in [5.74, 6) is 6.19. The molecular weight excluding hydrogens is 223 g/mol. The summed E-state index contributed by atoms with van der Waals surface area (Å²) in [6.07, 6.45) is 0. The van der Waals surface area contributed by atoms with Crippen LogP contribution in [0.3, 0.4) is 0 Å². The Morgan fingerprint density at radius 3 is 2.11 bits per heavy atom. The molecule has 0 amide bonds. The van der Waals surface area contributed by atoms with Crippen LogP contribution in [0.2, 0.25) is 0 Å². The summed E-state index contributed by atoms with van der Waals surface area (Å²) in [6, 6.07) is 8.05. The lowest BCUT2D eigenvalue weighted by atomic mass is 9.90. The SMILES string of the molecule is Cc1ccccc1C#CB1OC(C)(C)C(C)(C)O1. The lowest BCUT2D eigenvalue weighted by Gasteiger charge is -2.32. The molecule has 0 spiro atoms. The second kappa shape index (κ2) is 4.46. The molecule has 0 aromatic heterocycles. The highest BCUT2D eigenvalue weighted by Gasteiger charge is 2.50. The summed E-state index contributed by atoms with van der Waals surface area (Å²) >= 11 is 0. The van der Waals surface area contributed by atoms with Gasteiger partial charge in [-0.1, -0.05) is 29.9 Å². The summed E-state index contributed by atoms with van der Waals surface area (Å²) in [7, 11) is -0.449. The van der Waals surface area contributed by atoms with Crippen molar-refractivity contribution < 1.29 is 9.31 Å². The fraction of sp³-hybridized carbons (Fsp3) is 0.467. The molecule has 0 N–H and O–H groups in total. The second-order valence-electron chi connectivity index (χ2n) is 5.67. The Morgan fingerprint density at radius 2 is 1.56 bits per heavy atom. The van der Waals surface area contributed by atoms with E-state index >= 15 is 0 Å². The molecule has 0 atom stereocenters. The molecule has 1 fully saturated rings. The topological polar surface area (TPSA) is 18.5 Å². The average molecular weight is 242 g/mol. The number of hydrogen-bond donors (Lipinski definition) is 0. The molecule has 1 aliphatic heterocycles. The third-order valence-corrected chi connectivity index (χ3v) is 3.72. The van der Waals surface area contributed by atoms with Crippen molar-refractivity contribution in [3.63, 3.8) is 0 Å². The van der Waals surface area contributed by atoms with Crippen LogP contribution in [-0.4, -0.2) is 18.3 Å². The van der Waals surface area contributed by atoms with Crippen LogP contribution in [-0.2, 0) is 9.31 Å². The third kappa shape index (κ3) is 2.45. The molecule has 0 saturated carbocycles. The monoisotopic (exact) mass is 242 g/mol. The Kier molecular flexibility index (Phi) is 3.27. The first kappa shape index (κ1) is 13.2. The van der Waals surface area contributed by atoms with Crippen LogP contribution < -0.4 is 0 Å². The van der Waals surface area contributed by atoms with E-state index in [1.165, 1.54) is 5.56 Å². The van der Waals surface area contributed by atoms with Gasteiger partial charge in [0.05, 0.1) is 11.2 Å². The van der Waals surface area contributed by atoms with Gasteiger partial charge in [-0.05, 0) is 46.2 Å². The third-order valence-electron chi connectivity index (χ3n) is 3.72. The van der Waals surface area contributed by atoms with Gasteiger partial charge in [-0.15, -0.1) is 0 Å². The highest BCUT2D eigenvalue weighted by atomic mass is 16.7. The van der Waals surface area contributed by atoms with E-state index < -0.39 is 7.12 Å². The van der Waals surface area contributed by atoms with Gasteiger partial charge in [0, 0.05) is 5.56 Å². The van der Waals surface area contributed by atoms with Crippen molar-refractivity contribution in [2.75, 3.05) is 0 Å². The molecular formula is C15H19BO2. The van der Waals surface area contributed by atoms with Gasteiger partial charge < -0.3 is 9.31 Å². The van der Waals surface area contributed by atoms with E-state index in [0.717, 1.165) is 5.56 Å². The molecule has 1 aromatic rings. The largest absolute Gasteiger partial charge is 0.551 e. The van der Waals surface area contributed by atoms with Gasteiger partial charge in [-0.2, -0.15) is 0 Å². The van der Waals surface area contributed by atoms with E-state index in [1.54, 1.807) is 0 Å². The van der Waals surface area contributed by atoms with Crippen molar-refractivity contribution in [1.82, 2.24) is 0 Å². The Labute approximate surface area is 110 Å². The summed E-state index contributed by atoms with van der Waals surface area (Å²) in [5, 5.41) is 0. The van der Waals surface area contributed by atoms with E-state index in [2.05, 4.69) is 11.7 Å². The minimum atomic E-state index is -0.449. The van der Waals surface area contributed by atoms with Crippen LogP contribution >= 0.6 is 0 Å². The Bertz CT molecular complexity index is 493. The van der Waals surface area contributed by atoms with Crippen LogP contribution in [0.1, 0.15) is 38.8 Å².